The van der Waals surface area contributed by atoms with Crippen molar-refractivity contribution in [2.24, 2.45) is 0 Å². The van der Waals surface area contributed by atoms with Gasteiger partial charge in [0.05, 0.1) is 0 Å². The third-order valence-corrected chi connectivity index (χ3v) is 2.46. The number of benzene rings is 1. The highest BCUT2D eigenvalue weighted by Gasteiger charge is 2.05. The predicted molar refractivity (Wildman–Crippen MR) is 51.1 cm³/mol. The van der Waals surface area contributed by atoms with Crippen LogP contribution >= 0.6 is 0 Å². The van der Waals surface area contributed by atoms with Crippen molar-refractivity contribution in [3.8, 4) is 0 Å². The molecule has 0 spiro atoms. The number of nitrogen functional groups attached to an aromatic ring is 1. The van der Waals surface area contributed by atoms with E-state index < -0.39 is 11.2 Å². The fraction of sp³-hybridized carbons (Fsp3) is 0.125. The van der Waals surface area contributed by atoms with Gasteiger partial charge in [-0.3, -0.25) is 0 Å². The normalized spacial score (nSPS) is 12.5. The molecule has 1 unspecified atom stereocenters. The molecular weight excluding hydrogens is 172 g/mol. The number of anilines is 1. The second-order valence-electron chi connectivity index (χ2n) is 2.39. The molecule has 1 rings (SSSR count). The van der Waals surface area contributed by atoms with Crippen LogP contribution in [0.2, 0.25) is 0 Å². The fourth-order valence-corrected chi connectivity index (χ4v) is 1.42. The van der Waals surface area contributed by atoms with Gasteiger partial charge in [-0.05, 0) is 23.3 Å². The standard InChI is InChI=1S/C8H10N2OS/c1-12(11)7-3-2-6(5-9)8(10)4-7/h2-5,9H,10H2,1H3. The maximum absolute atomic E-state index is 11.0. The van der Waals surface area contributed by atoms with E-state index in [2.05, 4.69) is 0 Å². The molecule has 0 aliphatic heterocycles. The maximum Gasteiger partial charge on any atom is 0.154 e. The number of nitrogens with one attached hydrogen (secondary N) is 1. The number of hydrogen-bond donors (Lipinski definition) is 2. The van der Waals surface area contributed by atoms with Gasteiger partial charge >= 0.3 is 0 Å². The molecule has 0 heterocycles. The summed E-state index contributed by atoms with van der Waals surface area (Å²) in [5, 5.41) is 6.98. The number of rotatable bonds is 2. The Morgan fingerprint density at radius 1 is 1.58 bits per heavy atom. The second kappa shape index (κ2) is 3.60. The van der Waals surface area contributed by atoms with Gasteiger partial charge < -0.3 is 15.7 Å². The molecule has 0 fully saturated rings. The van der Waals surface area contributed by atoms with Crippen LogP contribution in [0.4, 0.5) is 5.69 Å². The summed E-state index contributed by atoms with van der Waals surface area (Å²) in [5.74, 6) is 0. The third-order valence-electron chi connectivity index (χ3n) is 1.55. The first-order chi connectivity index (χ1) is 5.65. The number of nitrogens with two attached hydrogens (primary N) is 1. The van der Waals surface area contributed by atoms with E-state index in [9.17, 15) is 4.55 Å². The Morgan fingerprint density at radius 3 is 2.67 bits per heavy atom. The van der Waals surface area contributed by atoms with Crippen molar-refractivity contribution in [1.82, 2.24) is 0 Å². The lowest BCUT2D eigenvalue weighted by molar-refractivity contribution is 0.601. The quantitative estimate of drug-likeness (QED) is 0.407. The van der Waals surface area contributed by atoms with E-state index in [1.807, 2.05) is 0 Å². The Kier molecular flexibility index (Phi) is 2.73. The summed E-state index contributed by atoms with van der Waals surface area (Å²) < 4.78 is 11.0. The molecule has 1 aromatic carbocycles. The van der Waals surface area contributed by atoms with Crippen molar-refractivity contribution in [3.63, 3.8) is 0 Å². The van der Waals surface area contributed by atoms with Crippen molar-refractivity contribution in [3.05, 3.63) is 23.8 Å². The van der Waals surface area contributed by atoms with Crippen molar-refractivity contribution >= 4 is 23.1 Å². The smallest absolute Gasteiger partial charge is 0.154 e. The topological polar surface area (TPSA) is 72.9 Å². The largest absolute Gasteiger partial charge is 0.612 e. The van der Waals surface area contributed by atoms with E-state index >= 15 is 0 Å². The van der Waals surface area contributed by atoms with Gasteiger partial charge in [-0.1, -0.05) is 0 Å². The fourth-order valence-electron chi connectivity index (χ4n) is 0.863. The van der Waals surface area contributed by atoms with Crippen LogP contribution < -0.4 is 5.73 Å². The Morgan fingerprint density at radius 2 is 2.25 bits per heavy atom. The molecule has 4 heteroatoms. The zero-order chi connectivity index (χ0) is 9.14. The van der Waals surface area contributed by atoms with Crippen LogP contribution in [-0.4, -0.2) is 17.0 Å². The average Bonchev–Trinajstić information content (AvgIpc) is 2.04. The van der Waals surface area contributed by atoms with Gasteiger partial charge in [0.15, 0.2) is 4.90 Å². The SMILES string of the molecule is C[S+]([O-])c1ccc(C=N)c(N)c1. The van der Waals surface area contributed by atoms with Gasteiger partial charge in [0.25, 0.3) is 0 Å². The third kappa shape index (κ3) is 1.78. The Labute approximate surface area is 74.3 Å². The zero-order valence-corrected chi connectivity index (χ0v) is 7.52. The first-order valence-corrected chi connectivity index (χ1v) is 4.94. The minimum absolute atomic E-state index is 0.498. The molecule has 3 nitrogen and oxygen atoms in total. The molecular formula is C8H10N2OS. The summed E-state index contributed by atoms with van der Waals surface area (Å²) >= 11 is -1.00. The van der Waals surface area contributed by atoms with Gasteiger partial charge in [-0.2, -0.15) is 0 Å². The summed E-state index contributed by atoms with van der Waals surface area (Å²) in [6.45, 7) is 0. The van der Waals surface area contributed by atoms with E-state index in [0.29, 0.717) is 16.1 Å². The lowest BCUT2D eigenvalue weighted by Gasteiger charge is -2.05. The molecule has 0 saturated carbocycles. The monoisotopic (exact) mass is 182 g/mol. The van der Waals surface area contributed by atoms with Gasteiger partial charge in [0.1, 0.15) is 6.26 Å². The summed E-state index contributed by atoms with van der Waals surface area (Å²) in [6, 6.07) is 5.04. The summed E-state index contributed by atoms with van der Waals surface area (Å²) in [6.07, 6.45) is 2.77. The van der Waals surface area contributed by atoms with Crippen LogP contribution in [0.5, 0.6) is 0 Å². The molecule has 0 radical (unpaired) electrons. The highest BCUT2D eigenvalue weighted by atomic mass is 32.2. The summed E-state index contributed by atoms with van der Waals surface area (Å²) in [5.41, 5.74) is 6.74. The Bertz CT molecular complexity index is 299. The van der Waals surface area contributed by atoms with E-state index in [1.54, 1.807) is 24.5 Å². The predicted octanol–water partition coefficient (Wildman–Crippen LogP) is 1.00. The molecule has 1 atom stereocenters. The molecule has 0 saturated heterocycles. The van der Waals surface area contributed by atoms with Crippen molar-refractivity contribution in [2.45, 2.75) is 4.90 Å². The van der Waals surface area contributed by atoms with Crippen molar-refractivity contribution in [1.29, 1.82) is 5.41 Å². The molecule has 0 amide bonds. The van der Waals surface area contributed by atoms with Crippen LogP contribution in [0.25, 0.3) is 0 Å². The lowest BCUT2D eigenvalue weighted by atomic mass is 10.2. The Balaban J connectivity index is 3.10. The highest BCUT2D eigenvalue weighted by Crippen LogP contribution is 2.16. The van der Waals surface area contributed by atoms with Crippen LogP contribution in [-0.2, 0) is 11.2 Å². The van der Waals surface area contributed by atoms with Gasteiger partial charge in [0, 0.05) is 23.5 Å². The van der Waals surface area contributed by atoms with Gasteiger partial charge in [-0.15, -0.1) is 0 Å². The molecule has 12 heavy (non-hydrogen) atoms. The molecule has 1 aromatic rings. The van der Waals surface area contributed by atoms with Crippen molar-refractivity contribution in [2.75, 3.05) is 12.0 Å². The van der Waals surface area contributed by atoms with E-state index in [1.165, 1.54) is 6.21 Å². The molecule has 3 N–H and O–H groups in total. The minimum atomic E-state index is -1.00. The van der Waals surface area contributed by atoms with Crippen LogP contribution in [0, 0.1) is 5.41 Å². The van der Waals surface area contributed by atoms with Crippen LogP contribution in [0.3, 0.4) is 0 Å². The zero-order valence-electron chi connectivity index (χ0n) is 6.70. The van der Waals surface area contributed by atoms with Crippen LogP contribution in [0.1, 0.15) is 5.56 Å². The lowest BCUT2D eigenvalue weighted by Crippen LogP contribution is -2.00. The Hall–Kier alpha value is -1.00. The summed E-state index contributed by atoms with van der Waals surface area (Å²) in [7, 11) is 0. The number of hydrogen-bond acceptors (Lipinski definition) is 3. The average molecular weight is 182 g/mol. The van der Waals surface area contributed by atoms with Gasteiger partial charge in [0.2, 0.25) is 0 Å². The second-order valence-corrected chi connectivity index (χ2v) is 3.77. The van der Waals surface area contributed by atoms with E-state index in [-0.39, 0.29) is 0 Å². The summed E-state index contributed by atoms with van der Waals surface area (Å²) in [4.78, 5) is 0.693. The molecule has 0 bridgehead atoms. The minimum Gasteiger partial charge on any atom is -0.612 e. The first kappa shape index (κ1) is 9.09. The van der Waals surface area contributed by atoms with Crippen LogP contribution in [0.15, 0.2) is 23.1 Å². The highest BCUT2D eigenvalue weighted by molar-refractivity contribution is 7.90. The van der Waals surface area contributed by atoms with Gasteiger partial charge in [-0.25, -0.2) is 0 Å². The van der Waals surface area contributed by atoms with Crippen molar-refractivity contribution < 1.29 is 4.55 Å². The maximum atomic E-state index is 11.0. The van der Waals surface area contributed by atoms with E-state index in [4.69, 9.17) is 11.1 Å². The first-order valence-electron chi connectivity index (χ1n) is 3.38. The molecule has 0 aromatic heterocycles. The van der Waals surface area contributed by atoms with E-state index in [0.717, 1.165) is 0 Å². The molecule has 0 aliphatic carbocycles. The molecule has 64 valence electrons. The molecule has 0 aliphatic rings.